The van der Waals surface area contributed by atoms with Gasteiger partial charge in [0.25, 0.3) is 0 Å². The molecule has 2 aromatic heterocycles. The molecule has 0 saturated heterocycles. The maximum atomic E-state index is 6.01. The lowest BCUT2D eigenvalue weighted by molar-refractivity contribution is 0.280. The number of aromatic nitrogens is 2. The molecule has 4 nitrogen and oxygen atoms in total. The van der Waals surface area contributed by atoms with Gasteiger partial charge < -0.3 is 14.6 Å². The minimum Gasteiger partial charge on any atom is -0.493 e. The van der Waals surface area contributed by atoms with Crippen LogP contribution in [0.2, 0.25) is 0 Å². The van der Waals surface area contributed by atoms with Crippen molar-refractivity contribution >= 4 is 21.8 Å². The third kappa shape index (κ3) is 3.39. The zero-order chi connectivity index (χ0) is 17.1. The Balaban J connectivity index is 0.00000225. The average Bonchev–Trinajstić information content (AvgIpc) is 2.90. The molecule has 4 heteroatoms. The number of H-pyrrole nitrogens is 1. The number of rotatable bonds is 7. The first kappa shape index (κ1) is 16.8. The highest BCUT2D eigenvalue weighted by molar-refractivity contribution is 6.09. The number of nitrogens with zero attached hydrogens (tertiary/aromatic N) is 2. The largest absolute Gasteiger partial charge is 0.493 e. The number of aromatic amines is 1. The van der Waals surface area contributed by atoms with E-state index in [2.05, 4.69) is 61.0 Å². The Labute approximate surface area is 145 Å². The molecule has 3 rings (SSSR count). The van der Waals surface area contributed by atoms with Crippen LogP contribution >= 0.6 is 0 Å². The molecule has 3 aromatic rings. The van der Waals surface area contributed by atoms with Crippen LogP contribution in [0.4, 0.5) is 0 Å². The molecule has 24 heavy (non-hydrogen) atoms. The Kier molecular flexibility index (Phi) is 5.05. The minimum absolute atomic E-state index is 0. The van der Waals surface area contributed by atoms with Gasteiger partial charge in [0.05, 0.1) is 17.8 Å². The number of hydrogen-bond acceptors (Lipinski definition) is 3. The number of pyridine rings is 1. The van der Waals surface area contributed by atoms with E-state index in [9.17, 15) is 0 Å². The lowest BCUT2D eigenvalue weighted by Gasteiger charge is -2.12. The van der Waals surface area contributed by atoms with E-state index in [0.29, 0.717) is 0 Å². The molecule has 1 N–H and O–H groups in total. The van der Waals surface area contributed by atoms with E-state index in [1.54, 1.807) is 0 Å². The van der Waals surface area contributed by atoms with Crippen molar-refractivity contribution in [3.63, 3.8) is 0 Å². The van der Waals surface area contributed by atoms with Crippen LogP contribution in [0.1, 0.15) is 32.4 Å². The van der Waals surface area contributed by atoms with E-state index >= 15 is 0 Å². The second-order valence-electron chi connectivity index (χ2n) is 6.72. The predicted octanol–water partition coefficient (Wildman–Crippen LogP) is 4.55. The predicted molar refractivity (Wildman–Crippen MR) is 103 cm³/mol. The van der Waals surface area contributed by atoms with Crippen LogP contribution in [-0.2, 0) is 6.42 Å². The number of nitrogens with one attached hydrogen (secondary N) is 1. The van der Waals surface area contributed by atoms with Gasteiger partial charge >= 0.3 is 0 Å². The van der Waals surface area contributed by atoms with E-state index in [0.717, 1.165) is 49.2 Å². The molecule has 2 heterocycles. The summed E-state index contributed by atoms with van der Waals surface area (Å²) in [4.78, 5) is 10.3. The van der Waals surface area contributed by atoms with Gasteiger partial charge in [-0.25, -0.2) is 0 Å². The van der Waals surface area contributed by atoms with Gasteiger partial charge in [0.15, 0.2) is 0 Å². The third-order valence-corrected chi connectivity index (χ3v) is 4.38. The van der Waals surface area contributed by atoms with Crippen molar-refractivity contribution in [2.45, 2.75) is 33.1 Å². The van der Waals surface area contributed by atoms with Crippen LogP contribution in [0.3, 0.4) is 0 Å². The first-order valence-corrected chi connectivity index (χ1v) is 8.77. The fourth-order valence-corrected chi connectivity index (χ4v) is 3.20. The third-order valence-electron chi connectivity index (χ3n) is 4.38. The molecule has 0 radical (unpaired) electrons. The minimum atomic E-state index is 0. The van der Waals surface area contributed by atoms with Crippen LogP contribution in [-0.4, -0.2) is 42.1 Å². The molecular formula is C20H29N3O. The van der Waals surface area contributed by atoms with E-state index in [4.69, 9.17) is 4.74 Å². The van der Waals surface area contributed by atoms with Gasteiger partial charge in [0.1, 0.15) is 5.75 Å². The van der Waals surface area contributed by atoms with Gasteiger partial charge in [-0.3, -0.25) is 4.98 Å². The highest BCUT2D eigenvalue weighted by atomic mass is 16.5. The van der Waals surface area contributed by atoms with E-state index in [1.807, 2.05) is 6.20 Å². The highest BCUT2D eigenvalue weighted by Crippen LogP contribution is 2.32. The molecule has 0 amide bonds. The molecule has 130 valence electrons. The summed E-state index contributed by atoms with van der Waals surface area (Å²) in [5, 5.41) is 2.51. The molecule has 0 bridgehead atoms. The van der Waals surface area contributed by atoms with Crippen molar-refractivity contribution < 1.29 is 6.16 Å². The Morgan fingerprint density at radius 1 is 1.25 bits per heavy atom. The van der Waals surface area contributed by atoms with E-state index in [-0.39, 0.29) is 1.43 Å². The average molecular weight is 327 g/mol. The molecular weight excluding hydrogens is 298 g/mol. The van der Waals surface area contributed by atoms with Crippen LogP contribution in [0.5, 0.6) is 5.75 Å². The molecule has 0 aliphatic heterocycles. The first-order valence-electron chi connectivity index (χ1n) is 8.77. The summed E-state index contributed by atoms with van der Waals surface area (Å²) in [6.07, 6.45) is 5.03. The van der Waals surface area contributed by atoms with Crippen molar-refractivity contribution in [1.29, 1.82) is 0 Å². The Morgan fingerprint density at radius 2 is 2.08 bits per heavy atom. The molecule has 0 aliphatic carbocycles. The number of fused-ring (bicyclic) bond motifs is 3. The second kappa shape index (κ2) is 7.22. The summed E-state index contributed by atoms with van der Waals surface area (Å²) in [5.41, 5.74) is 4.65. The van der Waals surface area contributed by atoms with Gasteiger partial charge in [-0.2, -0.15) is 0 Å². The summed E-state index contributed by atoms with van der Waals surface area (Å²) >= 11 is 0. The maximum absolute atomic E-state index is 6.01. The summed E-state index contributed by atoms with van der Waals surface area (Å²) in [7, 11) is 4.17. The molecule has 0 atom stereocenters. The van der Waals surface area contributed by atoms with Gasteiger partial charge in [0.2, 0.25) is 0 Å². The van der Waals surface area contributed by atoms with Crippen molar-refractivity contribution in [2.75, 3.05) is 27.2 Å². The van der Waals surface area contributed by atoms with Crippen LogP contribution in [0.15, 0.2) is 24.4 Å². The Hall–Kier alpha value is -2.07. The van der Waals surface area contributed by atoms with Crippen LogP contribution < -0.4 is 4.74 Å². The van der Waals surface area contributed by atoms with Crippen molar-refractivity contribution in [1.82, 2.24) is 14.9 Å². The van der Waals surface area contributed by atoms with Crippen molar-refractivity contribution in [3.05, 3.63) is 35.7 Å². The van der Waals surface area contributed by atoms with Crippen LogP contribution in [0.25, 0.3) is 21.8 Å². The Bertz CT molecular complexity index is 842. The summed E-state index contributed by atoms with van der Waals surface area (Å²) in [5.74, 6) is 0.970. The first-order chi connectivity index (χ1) is 11.6. The van der Waals surface area contributed by atoms with Gasteiger partial charge in [0, 0.05) is 36.5 Å². The van der Waals surface area contributed by atoms with Gasteiger partial charge in [-0.15, -0.1) is 0 Å². The SMILES string of the molecule is CCCc1nccc2[nH]c3cc(OCCCN(C)C)c(C)cc3c12.[HH]. The number of ether oxygens (including phenoxy) is 1. The van der Waals surface area contributed by atoms with Crippen molar-refractivity contribution in [3.8, 4) is 5.75 Å². The quantitative estimate of drug-likeness (QED) is 0.647. The molecule has 0 aliphatic rings. The number of aryl methyl sites for hydroxylation is 2. The fraction of sp³-hybridized carbons (Fsp3) is 0.450. The molecule has 0 spiro atoms. The smallest absolute Gasteiger partial charge is 0.124 e. The summed E-state index contributed by atoms with van der Waals surface area (Å²) in [6.45, 7) is 6.10. The summed E-state index contributed by atoms with van der Waals surface area (Å²) < 4.78 is 6.01. The number of benzene rings is 1. The lowest BCUT2D eigenvalue weighted by Crippen LogP contribution is -2.15. The van der Waals surface area contributed by atoms with Crippen molar-refractivity contribution in [2.24, 2.45) is 0 Å². The van der Waals surface area contributed by atoms with E-state index < -0.39 is 0 Å². The highest BCUT2D eigenvalue weighted by Gasteiger charge is 2.12. The zero-order valence-corrected chi connectivity index (χ0v) is 15.1. The molecule has 0 unspecified atom stereocenters. The topological polar surface area (TPSA) is 41.1 Å². The summed E-state index contributed by atoms with van der Waals surface area (Å²) in [6, 6.07) is 6.42. The standard InChI is InChI=1S/C20H27N3O.H2/c1-5-7-16-20-15-12-14(2)19(24-11-6-10-23(3)4)13-18(15)22-17(20)8-9-21-16;/h8-9,12-13,22H,5-7,10-11H2,1-4H3;1H. The zero-order valence-electron chi connectivity index (χ0n) is 15.1. The van der Waals surface area contributed by atoms with E-state index in [1.165, 1.54) is 22.0 Å². The van der Waals surface area contributed by atoms with Crippen LogP contribution in [0, 0.1) is 6.92 Å². The fourth-order valence-electron chi connectivity index (χ4n) is 3.20. The molecule has 0 saturated carbocycles. The lowest BCUT2D eigenvalue weighted by atomic mass is 10.1. The van der Waals surface area contributed by atoms with Gasteiger partial charge in [-0.1, -0.05) is 13.3 Å². The Morgan fingerprint density at radius 3 is 2.83 bits per heavy atom. The normalized spacial score (nSPS) is 11.7. The monoisotopic (exact) mass is 327 g/mol. The second-order valence-corrected chi connectivity index (χ2v) is 6.72. The molecule has 1 aromatic carbocycles. The molecule has 0 fully saturated rings. The maximum Gasteiger partial charge on any atom is 0.124 e. The number of hydrogen-bond donors (Lipinski definition) is 1. The van der Waals surface area contributed by atoms with Gasteiger partial charge in [-0.05, 0) is 51.6 Å².